The molecule has 0 aromatic heterocycles. The van der Waals surface area contributed by atoms with Gasteiger partial charge >= 0.3 is 0 Å². The first-order chi connectivity index (χ1) is 4.79. The van der Waals surface area contributed by atoms with Crippen molar-refractivity contribution >= 4 is 5.78 Å². The van der Waals surface area contributed by atoms with Crippen LogP contribution >= 0.6 is 0 Å². The zero-order chi connectivity index (χ0) is 7.98. The van der Waals surface area contributed by atoms with E-state index in [0.29, 0.717) is 5.78 Å². The molecule has 1 heteroatoms. The topological polar surface area (TPSA) is 17.1 Å². The summed E-state index contributed by atoms with van der Waals surface area (Å²) in [5, 5.41) is 0. The molecule has 56 valence electrons. The van der Waals surface area contributed by atoms with Crippen LogP contribution in [0.25, 0.3) is 0 Å². The van der Waals surface area contributed by atoms with Gasteiger partial charge in [-0.1, -0.05) is 5.57 Å². The molecule has 0 aliphatic heterocycles. The summed E-state index contributed by atoms with van der Waals surface area (Å²) in [6, 6.07) is 0. The molecule has 0 heterocycles. The third-order valence-corrected chi connectivity index (χ3v) is 1.40. The number of carbonyl (C=O) groups excluding carboxylic acids is 1. The normalized spacial score (nSPS) is 16.9. The Morgan fingerprint density at radius 1 is 1.40 bits per heavy atom. The zero-order valence-corrected chi connectivity index (χ0v) is 6.52. The van der Waals surface area contributed by atoms with E-state index in [-0.39, 0.29) is 0 Å². The van der Waals surface area contributed by atoms with Gasteiger partial charge in [0.1, 0.15) is 0 Å². The minimum Gasteiger partial charge on any atom is -0.295 e. The van der Waals surface area contributed by atoms with Crippen LogP contribution in [0.5, 0.6) is 0 Å². The lowest BCUT2D eigenvalue weighted by Gasteiger charge is -2.04. The highest BCUT2D eigenvalue weighted by atomic mass is 16.1. The van der Waals surface area contributed by atoms with E-state index in [4.69, 9.17) is 0 Å². The Labute approximate surface area is 62.4 Å². The van der Waals surface area contributed by atoms with Crippen LogP contribution < -0.4 is 0 Å². The second kappa shape index (κ2) is 4.98. The van der Waals surface area contributed by atoms with Crippen LogP contribution in [-0.4, -0.2) is 5.78 Å². The number of ketones is 1. The van der Waals surface area contributed by atoms with Crippen molar-refractivity contribution in [1.29, 1.82) is 0 Å². The van der Waals surface area contributed by atoms with Gasteiger partial charge in [-0.05, 0) is 25.8 Å². The third kappa shape index (κ3) is 3.23. The molecule has 10 heavy (non-hydrogen) atoms. The van der Waals surface area contributed by atoms with Crippen molar-refractivity contribution in [2.75, 3.05) is 0 Å². The second-order valence-corrected chi connectivity index (χ2v) is 2.31. The Hall–Kier alpha value is -0.850. The summed E-state index contributed by atoms with van der Waals surface area (Å²) in [5.41, 5.74) is 1.24. The maximum atomic E-state index is 10.6. The Kier molecular flexibility index (Phi) is 4.55. The highest BCUT2D eigenvalue weighted by Gasteiger charge is 2.04. The fourth-order valence-electron chi connectivity index (χ4n) is 0.961. The van der Waals surface area contributed by atoms with Gasteiger partial charge in [0.15, 0.2) is 5.78 Å². The molecule has 0 fully saturated rings. The molecule has 0 radical (unpaired) electrons. The minimum absolute atomic E-state index is 0.300. The van der Waals surface area contributed by atoms with Crippen molar-refractivity contribution in [2.45, 2.75) is 26.2 Å². The maximum Gasteiger partial charge on any atom is 0.155 e. The number of hydrogen-bond donors (Lipinski definition) is 0. The van der Waals surface area contributed by atoms with Crippen molar-refractivity contribution in [3.8, 4) is 0 Å². The Morgan fingerprint density at radius 3 is 2.30 bits per heavy atom. The maximum absolute atomic E-state index is 10.6. The molecule has 0 unspecified atom stereocenters. The summed E-state index contributed by atoms with van der Waals surface area (Å²) in [6.45, 7) is 8.01. The van der Waals surface area contributed by atoms with E-state index in [1.54, 1.807) is 6.08 Å². The van der Waals surface area contributed by atoms with Crippen molar-refractivity contribution < 1.29 is 4.79 Å². The number of carbonyl (C=O) groups is 1. The molecular weight excluding hydrogens is 124 g/mol. The first-order valence-electron chi connectivity index (χ1n) is 3.49. The quantitative estimate of drug-likeness (QED) is 0.470. The van der Waals surface area contributed by atoms with Crippen LogP contribution in [0.4, 0.5) is 0 Å². The van der Waals surface area contributed by atoms with E-state index in [2.05, 4.69) is 13.2 Å². The molecule has 0 bridgehead atoms. The van der Waals surface area contributed by atoms with Gasteiger partial charge < -0.3 is 0 Å². The Balaban J connectivity index is 0.000000371. The molecule has 0 spiro atoms. The van der Waals surface area contributed by atoms with Gasteiger partial charge in [-0.3, -0.25) is 4.79 Å². The molecule has 0 saturated carbocycles. The number of rotatable bonds is 0. The molecule has 0 N–H and O–H groups in total. The van der Waals surface area contributed by atoms with Gasteiger partial charge in [0.25, 0.3) is 0 Å². The zero-order valence-electron chi connectivity index (χ0n) is 6.52. The first kappa shape index (κ1) is 9.15. The summed E-state index contributed by atoms with van der Waals surface area (Å²) >= 11 is 0. The standard InChI is InChI=1S/C7H10O.C2H4/c1-6-3-2-4-7(8)5-6;1-2/h5H,2-4H2,1H3;1-2H2. The summed E-state index contributed by atoms with van der Waals surface area (Å²) in [5.74, 6) is 0.300. The van der Waals surface area contributed by atoms with Crippen LogP contribution in [0.3, 0.4) is 0 Å². The lowest BCUT2D eigenvalue weighted by Crippen LogP contribution is -1.99. The van der Waals surface area contributed by atoms with Crippen molar-refractivity contribution in [2.24, 2.45) is 0 Å². The van der Waals surface area contributed by atoms with E-state index < -0.39 is 0 Å². The van der Waals surface area contributed by atoms with E-state index in [9.17, 15) is 4.79 Å². The van der Waals surface area contributed by atoms with Crippen LogP contribution in [0.1, 0.15) is 26.2 Å². The van der Waals surface area contributed by atoms with Gasteiger partial charge in [0.2, 0.25) is 0 Å². The number of allylic oxidation sites excluding steroid dienone is 2. The average Bonchev–Trinajstić information content (AvgIpc) is 1.91. The van der Waals surface area contributed by atoms with Gasteiger partial charge in [-0.25, -0.2) is 0 Å². The summed E-state index contributed by atoms with van der Waals surface area (Å²) in [7, 11) is 0. The van der Waals surface area contributed by atoms with Crippen molar-refractivity contribution in [3.05, 3.63) is 24.8 Å². The van der Waals surface area contributed by atoms with Gasteiger partial charge in [-0.15, -0.1) is 13.2 Å². The van der Waals surface area contributed by atoms with Crippen LogP contribution in [0, 0.1) is 0 Å². The second-order valence-electron chi connectivity index (χ2n) is 2.31. The average molecular weight is 138 g/mol. The highest BCUT2D eigenvalue weighted by Crippen LogP contribution is 2.12. The molecule has 1 nitrogen and oxygen atoms in total. The molecule has 0 aromatic carbocycles. The predicted molar refractivity (Wildman–Crippen MR) is 43.9 cm³/mol. The van der Waals surface area contributed by atoms with E-state index in [1.165, 1.54) is 5.57 Å². The minimum atomic E-state index is 0.300. The van der Waals surface area contributed by atoms with Crippen molar-refractivity contribution in [3.63, 3.8) is 0 Å². The molecular formula is C9H14O. The van der Waals surface area contributed by atoms with Crippen LogP contribution in [0.15, 0.2) is 24.8 Å². The van der Waals surface area contributed by atoms with Gasteiger partial charge in [0.05, 0.1) is 0 Å². The van der Waals surface area contributed by atoms with E-state index >= 15 is 0 Å². The lowest BCUT2D eigenvalue weighted by atomic mass is 10.0. The van der Waals surface area contributed by atoms with E-state index in [1.807, 2.05) is 6.92 Å². The third-order valence-electron chi connectivity index (χ3n) is 1.40. The first-order valence-corrected chi connectivity index (χ1v) is 3.49. The Bertz CT molecular complexity index is 145. The smallest absolute Gasteiger partial charge is 0.155 e. The molecule has 0 atom stereocenters. The monoisotopic (exact) mass is 138 g/mol. The van der Waals surface area contributed by atoms with E-state index in [0.717, 1.165) is 19.3 Å². The summed E-state index contributed by atoms with van der Waals surface area (Å²) in [4.78, 5) is 10.6. The molecule has 0 aromatic rings. The fourth-order valence-corrected chi connectivity index (χ4v) is 0.961. The molecule has 1 aliphatic rings. The summed E-state index contributed by atoms with van der Waals surface area (Å²) < 4.78 is 0. The molecule has 1 aliphatic carbocycles. The largest absolute Gasteiger partial charge is 0.295 e. The molecule has 0 saturated heterocycles. The van der Waals surface area contributed by atoms with Gasteiger partial charge in [-0.2, -0.15) is 0 Å². The Morgan fingerprint density at radius 2 is 2.00 bits per heavy atom. The SMILES string of the molecule is C=C.CC1=CC(=O)CCC1. The van der Waals surface area contributed by atoms with Crippen LogP contribution in [-0.2, 0) is 4.79 Å². The van der Waals surface area contributed by atoms with Crippen LogP contribution in [0.2, 0.25) is 0 Å². The van der Waals surface area contributed by atoms with Gasteiger partial charge in [0, 0.05) is 6.42 Å². The summed E-state index contributed by atoms with van der Waals surface area (Å²) in [6.07, 6.45) is 4.69. The lowest BCUT2D eigenvalue weighted by molar-refractivity contribution is -0.115. The predicted octanol–water partition coefficient (Wildman–Crippen LogP) is 2.49. The molecule has 0 amide bonds. The highest BCUT2D eigenvalue weighted by molar-refractivity contribution is 5.90. The van der Waals surface area contributed by atoms with Crippen molar-refractivity contribution in [1.82, 2.24) is 0 Å². The fraction of sp³-hybridized carbons (Fsp3) is 0.444. The molecule has 1 rings (SSSR count). The number of hydrogen-bond acceptors (Lipinski definition) is 1.